The van der Waals surface area contributed by atoms with Crippen molar-refractivity contribution in [3.05, 3.63) is 6.42 Å². The third kappa shape index (κ3) is 5.54. The molecule has 53 valence electrons. The standard InChI is InChI=1S/C8H15O/c1-3-5-7-8(9)6-4-2/h7H,3-6H2,1-2H3. The van der Waals surface area contributed by atoms with Crippen LogP contribution in [-0.4, -0.2) is 5.78 Å². The van der Waals surface area contributed by atoms with Crippen LogP contribution in [0.4, 0.5) is 0 Å². The van der Waals surface area contributed by atoms with Gasteiger partial charge in [0.2, 0.25) is 0 Å². The molecule has 0 aromatic carbocycles. The number of Topliss-reactive ketones (excluding diaryl/α,β-unsaturated/α-hetero) is 1. The largest absolute Gasteiger partial charge is 0.299 e. The highest BCUT2D eigenvalue weighted by atomic mass is 16.1. The van der Waals surface area contributed by atoms with Gasteiger partial charge < -0.3 is 0 Å². The highest BCUT2D eigenvalue weighted by Crippen LogP contribution is 1.98. The van der Waals surface area contributed by atoms with Gasteiger partial charge in [0.1, 0.15) is 5.78 Å². The van der Waals surface area contributed by atoms with Crippen LogP contribution in [0.3, 0.4) is 0 Å². The highest BCUT2D eigenvalue weighted by molar-refractivity contribution is 5.86. The topological polar surface area (TPSA) is 17.1 Å². The average molecular weight is 127 g/mol. The molecule has 1 heteroatoms. The summed E-state index contributed by atoms with van der Waals surface area (Å²) in [5, 5.41) is 0. The van der Waals surface area contributed by atoms with Crippen molar-refractivity contribution in [1.82, 2.24) is 0 Å². The van der Waals surface area contributed by atoms with Gasteiger partial charge in [-0.25, -0.2) is 0 Å². The van der Waals surface area contributed by atoms with Gasteiger partial charge in [0, 0.05) is 12.8 Å². The maximum Gasteiger partial charge on any atom is 0.136 e. The Bertz CT molecular complexity index is 76.6. The number of rotatable bonds is 5. The fourth-order valence-electron chi connectivity index (χ4n) is 0.654. The van der Waals surface area contributed by atoms with Gasteiger partial charge in [-0.2, -0.15) is 0 Å². The van der Waals surface area contributed by atoms with Gasteiger partial charge >= 0.3 is 0 Å². The molecule has 0 bridgehead atoms. The lowest BCUT2D eigenvalue weighted by Gasteiger charge is -1.93. The van der Waals surface area contributed by atoms with Crippen molar-refractivity contribution in [3.8, 4) is 0 Å². The minimum Gasteiger partial charge on any atom is -0.299 e. The summed E-state index contributed by atoms with van der Waals surface area (Å²) in [6.45, 7) is 4.10. The maximum atomic E-state index is 10.7. The smallest absolute Gasteiger partial charge is 0.136 e. The van der Waals surface area contributed by atoms with E-state index < -0.39 is 0 Å². The van der Waals surface area contributed by atoms with E-state index in [2.05, 4.69) is 6.92 Å². The van der Waals surface area contributed by atoms with Crippen LogP contribution in [0.1, 0.15) is 39.5 Å². The molecule has 0 N–H and O–H groups in total. The Morgan fingerprint density at radius 3 is 2.44 bits per heavy atom. The minimum absolute atomic E-state index is 0.305. The molecule has 9 heavy (non-hydrogen) atoms. The van der Waals surface area contributed by atoms with Crippen LogP contribution in [-0.2, 0) is 4.79 Å². The summed E-state index contributed by atoms with van der Waals surface area (Å²) < 4.78 is 0. The highest BCUT2D eigenvalue weighted by Gasteiger charge is 1.97. The normalized spacial score (nSPS) is 9.56. The van der Waals surface area contributed by atoms with Gasteiger partial charge in [0.15, 0.2) is 0 Å². The van der Waals surface area contributed by atoms with Crippen LogP contribution in [0.5, 0.6) is 0 Å². The number of carbonyl (C=O) groups excluding carboxylic acids is 1. The van der Waals surface area contributed by atoms with E-state index in [1.165, 1.54) is 0 Å². The van der Waals surface area contributed by atoms with Gasteiger partial charge in [-0.15, -0.1) is 0 Å². The van der Waals surface area contributed by atoms with Crippen molar-refractivity contribution in [2.45, 2.75) is 39.5 Å². The van der Waals surface area contributed by atoms with Crippen LogP contribution in [0, 0.1) is 6.42 Å². The van der Waals surface area contributed by atoms with Crippen LogP contribution in [0.25, 0.3) is 0 Å². The Labute approximate surface area is 57.5 Å². The van der Waals surface area contributed by atoms with E-state index in [4.69, 9.17) is 0 Å². The second-order valence-electron chi connectivity index (χ2n) is 2.21. The lowest BCUT2D eigenvalue weighted by atomic mass is 10.1. The predicted molar refractivity (Wildman–Crippen MR) is 39.1 cm³/mol. The van der Waals surface area contributed by atoms with E-state index in [0.29, 0.717) is 5.78 Å². The molecule has 1 radical (unpaired) electrons. The first-order chi connectivity index (χ1) is 4.31. The zero-order valence-corrected chi connectivity index (χ0v) is 6.31. The molecular weight excluding hydrogens is 112 g/mol. The van der Waals surface area contributed by atoms with E-state index >= 15 is 0 Å². The Balaban J connectivity index is 3.06. The number of ketones is 1. The van der Waals surface area contributed by atoms with Crippen molar-refractivity contribution in [1.29, 1.82) is 0 Å². The van der Waals surface area contributed by atoms with Crippen molar-refractivity contribution in [2.24, 2.45) is 0 Å². The second kappa shape index (κ2) is 5.80. The summed E-state index contributed by atoms with van der Waals surface area (Å²) in [6, 6.07) is 0. The molecule has 0 atom stereocenters. The summed E-state index contributed by atoms with van der Waals surface area (Å²) in [4.78, 5) is 10.7. The SMILES string of the molecule is CCC[CH]C(=O)CCC. The third-order valence-electron chi connectivity index (χ3n) is 1.16. The van der Waals surface area contributed by atoms with Crippen LogP contribution >= 0.6 is 0 Å². The number of hydrogen-bond acceptors (Lipinski definition) is 1. The zero-order chi connectivity index (χ0) is 7.11. The van der Waals surface area contributed by atoms with E-state index in [1.807, 2.05) is 6.92 Å². The second-order valence-corrected chi connectivity index (χ2v) is 2.21. The van der Waals surface area contributed by atoms with Crippen LogP contribution < -0.4 is 0 Å². The molecule has 0 saturated carbocycles. The average Bonchev–Trinajstić information content (AvgIpc) is 1.85. The first-order valence-electron chi connectivity index (χ1n) is 3.67. The van der Waals surface area contributed by atoms with Gasteiger partial charge in [0.05, 0.1) is 0 Å². The number of hydrogen-bond donors (Lipinski definition) is 0. The molecule has 0 amide bonds. The van der Waals surface area contributed by atoms with Gasteiger partial charge in [0.25, 0.3) is 0 Å². The molecule has 0 aliphatic carbocycles. The summed E-state index contributed by atoms with van der Waals surface area (Å²) >= 11 is 0. The summed E-state index contributed by atoms with van der Waals surface area (Å²) in [6.07, 6.45) is 5.51. The van der Waals surface area contributed by atoms with E-state index in [1.54, 1.807) is 6.42 Å². The first-order valence-corrected chi connectivity index (χ1v) is 3.67. The molecule has 0 spiro atoms. The third-order valence-corrected chi connectivity index (χ3v) is 1.16. The molecule has 1 nitrogen and oxygen atoms in total. The maximum absolute atomic E-state index is 10.7. The monoisotopic (exact) mass is 127 g/mol. The van der Waals surface area contributed by atoms with Gasteiger partial charge in [-0.05, 0) is 12.8 Å². The van der Waals surface area contributed by atoms with E-state index in [0.717, 1.165) is 25.7 Å². The first kappa shape index (κ1) is 8.67. The number of carbonyl (C=O) groups is 1. The predicted octanol–water partition coefficient (Wildman–Crippen LogP) is 2.36. The Hall–Kier alpha value is -0.330. The lowest BCUT2D eigenvalue weighted by Crippen LogP contribution is -1.96. The van der Waals surface area contributed by atoms with Crippen LogP contribution in [0.2, 0.25) is 0 Å². The quantitative estimate of drug-likeness (QED) is 0.554. The van der Waals surface area contributed by atoms with Crippen molar-refractivity contribution < 1.29 is 4.79 Å². The molecule has 0 unspecified atom stereocenters. The van der Waals surface area contributed by atoms with Gasteiger partial charge in [-0.1, -0.05) is 20.3 Å². The van der Waals surface area contributed by atoms with Crippen molar-refractivity contribution >= 4 is 5.78 Å². The molecule has 0 rings (SSSR count). The zero-order valence-electron chi connectivity index (χ0n) is 6.31. The Morgan fingerprint density at radius 2 is 2.00 bits per heavy atom. The molecule has 0 aromatic heterocycles. The molecular formula is C8H15O. The summed E-state index contributed by atoms with van der Waals surface area (Å²) in [5.41, 5.74) is 0. The van der Waals surface area contributed by atoms with Crippen molar-refractivity contribution in [2.75, 3.05) is 0 Å². The summed E-state index contributed by atoms with van der Waals surface area (Å²) in [7, 11) is 0. The Morgan fingerprint density at radius 1 is 1.33 bits per heavy atom. The molecule has 0 aliphatic rings. The Kier molecular flexibility index (Phi) is 5.59. The van der Waals surface area contributed by atoms with Crippen LogP contribution in [0.15, 0.2) is 0 Å². The van der Waals surface area contributed by atoms with Crippen molar-refractivity contribution in [3.63, 3.8) is 0 Å². The molecule has 0 aromatic rings. The van der Waals surface area contributed by atoms with E-state index in [-0.39, 0.29) is 0 Å². The minimum atomic E-state index is 0.305. The molecule has 0 heterocycles. The number of unbranched alkanes of at least 4 members (excludes halogenated alkanes) is 1. The molecule has 0 fully saturated rings. The molecule has 0 aliphatic heterocycles. The summed E-state index contributed by atoms with van der Waals surface area (Å²) in [5.74, 6) is 0.305. The fourth-order valence-corrected chi connectivity index (χ4v) is 0.654. The lowest BCUT2D eigenvalue weighted by molar-refractivity contribution is -0.116. The molecule has 0 saturated heterocycles. The van der Waals surface area contributed by atoms with E-state index in [9.17, 15) is 4.79 Å². The van der Waals surface area contributed by atoms with Gasteiger partial charge in [-0.3, -0.25) is 4.79 Å². The fraction of sp³-hybridized carbons (Fsp3) is 0.750.